The Morgan fingerprint density at radius 3 is 2.30 bits per heavy atom. The van der Waals surface area contributed by atoms with Crippen molar-refractivity contribution in [3.8, 4) is 0 Å². The maximum absolute atomic E-state index is 12.0. The molecular weight excluding hydrogens is 364 g/mol. The minimum Gasteiger partial charge on any atom is -0.352 e. The van der Waals surface area contributed by atoms with Crippen molar-refractivity contribution < 1.29 is 13.2 Å². The molecule has 0 aromatic heterocycles. The molecule has 1 aromatic carbocycles. The molecule has 0 bridgehead atoms. The van der Waals surface area contributed by atoms with Gasteiger partial charge in [-0.05, 0) is 56.5 Å². The van der Waals surface area contributed by atoms with E-state index in [0.717, 1.165) is 32.5 Å². The Bertz CT molecular complexity index is 671. The number of primary sulfonamides is 1. The van der Waals surface area contributed by atoms with Gasteiger partial charge in [0.25, 0.3) is 5.91 Å². The van der Waals surface area contributed by atoms with Gasteiger partial charge in [0, 0.05) is 31.2 Å². The van der Waals surface area contributed by atoms with Crippen molar-refractivity contribution in [3.63, 3.8) is 0 Å². The number of carbonyl (C=O) groups excluding carboxylic acids is 1. The number of unbranched alkanes of at least 4 members (excludes halogenated alkanes) is 1. The highest BCUT2D eigenvalue weighted by molar-refractivity contribution is 7.89. The molecule has 0 aliphatic heterocycles. The molecule has 1 aromatic rings. The van der Waals surface area contributed by atoms with Crippen LogP contribution in [-0.2, 0) is 10.0 Å². The molecule has 8 heteroatoms. The van der Waals surface area contributed by atoms with Crippen LogP contribution in [0.25, 0.3) is 0 Å². The van der Waals surface area contributed by atoms with Crippen LogP contribution in [0.3, 0.4) is 0 Å². The summed E-state index contributed by atoms with van der Waals surface area (Å²) in [6.07, 6.45) is 8.60. The number of amides is 1. The first kappa shape index (κ1) is 21.8. The highest BCUT2D eigenvalue weighted by atomic mass is 32.2. The molecule has 152 valence electrons. The van der Waals surface area contributed by atoms with Gasteiger partial charge in [0.2, 0.25) is 10.0 Å². The zero-order chi connectivity index (χ0) is 19.5. The Balaban J connectivity index is 1.49. The lowest BCUT2D eigenvalue weighted by molar-refractivity contribution is 0.0953. The molecule has 0 unspecified atom stereocenters. The third-order valence-electron chi connectivity index (χ3n) is 4.85. The first-order valence-electron chi connectivity index (χ1n) is 9.82. The molecule has 27 heavy (non-hydrogen) atoms. The van der Waals surface area contributed by atoms with Crippen LogP contribution < -0.4 is 21.1 Å². The van der Waals surface area contributed by atoms with E-state index in [2.05, 4.69) is 16.0 Å². The zero-order valence-corrected chi connectivity index (χ0v) is 16.7. The second-order valence-electron chi connectivity index (χ2n) is 7.07. The van der Waals surface area contributed by atoms with Crippen LogP contribution in [0.15, 0.2) is 29.2 Å². The third-order valence-corrected chi connectivity index (χ3v) is 5.78. The number of carbonyl (C=O) groups is 1. The smallest absolute Gasteiger partial charge is 0.251 e. The molecule has 5 N–H and O–H groups in total. The van der Waals surface area contributed by atoms with Gasteiger partial charge in [-0.2, -0.15) is 0 Å². The third kappa shape index (κ3) is 8.38. The molecule has 1 aliphatic rings. The van der Waals surface area contributed by atoms with Crippen LogP contribution in [-0.4, -0.2) is 46.5 Å². The van der Waals surface area contributed by atoms with E-state index < -0.39 is 10.0 Å². The molecule has 7 nitrogen and oxygen atoms in total. The second kappa shape index (κ2) is 11.4. The van der Waals surface area contributed by atoms with E-state index in [1.54, 1.807) is 0 Å². The summed E-state index contributed by atoms with van der Waals surface area (Å²) in [6.45, 7) is 3.51. The van der Waals surface area contributed by atoms with E-state index in [0.29, 0.717) is 18.2 Å². The fourth-order valence-corrected chi connectivity index (χ4v) is 3.79. The number of hydrogen-bond donors (Lipinski definition) is 4. The Morgan fingerprint density at radius 2 is 1.63 bits per heavy atom. The predicted octanol–water partition coefficient (Wildman–Crippen LogP) is 1.36. The number of hydrogen-bond acceptors (Lipinski definition) is 5. The van der Waals surface area contributed by atoms with Gasteiger partial charge in [0.1, 0.15) is 0 Å². The lowest BCUT2D eigenvalue weighted by Gasteiger charge is -2.22. The first-order valence-corrected chi connectivity index (χ1v) is 11.4. The van der Waals surface area contributed by atoms with E-state index in [9.17, 15) is 13.2 Å². The quantitative estimate of drug-likeness (QED) is 0.422. The number of nitrogens with one attached hydrogen (secondary N) is 3. The van der Waals surface area contributed by atoms with Crippen LogP contribution in [0.1, 0.15) is 55.3 Å². The highest BCUT2D eigenvalue weighted by Gasteiger charge is 2.12. The van der Waals surface area contributed by atoms with E-state index in [-0.39, 0.29) is 10.8 Å². The van der Waals surface area contributed by atoms with Gasteiger partial charge < -0.3 is 16.0 Å². The molecule has 1 fully saturated rings. The number of rotatable bonds is 11. The molecule has 0 spiro atoms. The molecule has 0 radical (unpaired) electrons. The van der Waals surface area contributed by atoms with Crippen molar-refractivity contribution in [2.75, 3.05) is 26.2 Å². The average Bonchev–Trinajstić information content (AvgIpc) is 2.66. The zero-order valence-electron chi connectivity index (χ0n) is 15.9. The monoisotopic (exact) mass is 396 g/mol. The Labute approximate surface area is 162 Å². The van der Waals surface area contributed by atoms with Crippen LogP contribution in [0.5, 0.6) is 0 Å². The largest absolute Gasteiger partial charge is 0.352 e. The van der Waals surface area contributed by atoms with Crippen molar-refractivity contribution in [1.29, 1.82) is 0 Å². The lowest BCUT2D eigenvalue weighted by Crippen LogP contribution is -2.36. The Hall–Kier alpha value is -1.48. The number of sulfonamides is 1. The molecule has 0 atom stereocenters. The summed E-state index contributed by atoms with van der Waals surface area (Å²) in [5.74, 6) is -0.208. The Morgan fingerprint density at radius 1 is 0.963 bits per heavy atom. The Kier molecular flexibility index (Phi) is 9.20. The number of benzene rings is 1. The van der Waals surface area contributed by atoms with E-state index in [1.807, 2.05) is 0 Å². The summed E-state index contributed by atoms with van der Waals surface area (Å²) in [5, 5.41) is 14.9. The average molecular weight is 397 g/mol. The summed E-state index contributed by atoms with van der Waals surface area (Å²) in [6, 6.07) is 6.33. The van der Waals surface area contributed by atoms with E-state index in [4.69, 9.17) is 5.14 Å². The SMILES string of the molecule is NS(=O)(=O)c1ccc(C(=O)NCCCCNCCNC2CCCCC2)cc1. The standard InChI is InChI=1S/C19H32N4O3S/c20-27(25,26)18-10-8-16(9-11-18)19(24)23-13-5-4-12-21-14-15-22-17-6-2-1-3-7-17/h8-11,17,21-22H,1-7,12-15H2,(H,23,24)(H2,20,25,26). The summed E-state index contributed by atoms with van der Waals surface area (Å²) < 4.78 is 22.4. The highest BCUT2D eigenvalue weighted by Crippen LogP contribution is 2.16. The first-order chi connectivity index (χ1) is 13.0. The molecule has 2 rings (SSSR count). The molecule has 0 saturated heterocycles. The van der Waals surface area contributed by atoms with Crippen molar-refractivity contribution in [2.45, 2.75) is 55.9 Å². The minimum atomic E-state index is -3.73. The molecule has 0 heterocycles. The van der Waals surface area contributed by atoms with Crippen molar-refractivity contribution in [2.24, 2.45) is 5.14 Å². The van der Waals surface area contributed by atoms with Gasteiger partial charge in [-0.25, -0.2) is 13.6 Å². The summed E-state index contributed by atoms with van der Waals surface area (Å²) in [7, 11) is -3.73. The van der Waals surface area contributed by atoms with E-state index >= 15 is 0 Å². The predicted molar refractivity (Wildman–Crippen MR) is 107 cm³/mol. The van der Waals surface area contributed by atoms with Crippen molar-refractivity contribution in [3.05, 3.63) is 29.8 Å². The van der Waals surface area contributed by atoms with Gasteiger partial charge in [0.15, 0.2) is 0 Å². The van der Waals surface area contributed by atoms with Gasteiger partial charge in [-0.1, -0.05) is 19.3 Å². The summed E-state index contributed by atoms with van der Waals surface area (Å²) in [4.78, 5) is 12.0. The molecule has 1 amide bonds. The topological polar surface area (TPSA) is 113 Å². The maximum atomic E-state index is 12.0. The molecular formula is C19H32N4O3S. The van der Waals surface area contributed by atoms with Crippen LogP contribution >= 0.6 is 0 Å². The number of nitrogens with two attached hydrogens (primary N) is 1. The van der Waals surface area contributed by atoms with Gasteiger partial charge in [-0.3, -0.25) is 4.79 Å². The van der Waals surface area contributed by atoms with Crippen molar-refractivity contribution >= 4 is 15.9 Å². The van der Waals surface area contributed by atoms with Crippen LogP contribution in [0, 0.1) is 0 Å². The van der Waals surface area contributed by atoms with Crippen molar-refractivity contribution in [1.82, 2.24) is 16.0 Å². The maximum Gasteiger partial charge on any atom is 0.251 e. The molecule has 1 aliphatic carbocycles. The van der Waals surface area contributed by atoms with Crippen LogP contribution in [0.2, 0.25) is 0 Å². The van der Waals surface area contributed by atoms with Crippen LogP contribution in [0.4, 0.5) is 0 Å². The van der Waals surface area contributed by atoms with Gasteiger partial charge >= 0.3 is 0 Å². The molecule has 1 saturated carbocycles. The fourth-order valence-electron chi connectivity index (χ4n) is 3.27. The summed E-state index contributed by atoms with van der Waals surface area (Å²) >= 11 is 0. The second-order valence-corrected chi connectivity index (χ2v) is 8.63. The summed E-state index contributed by atoms with van der Waals surface area (Å²) in [5.41, 5.74) is 0.425. The van der Waals surface area contributed by atoms with E-state index in [1.165, 1.54) is 56.4 Å². The normalized spacial score (nSPS) is 15.6. The minimum absolute atomic E-state index is 0.00287. The van der Waals surface area contributed by atoms with Gasteiger partial charge in [-0.15, -0.1) is 0 Å². The van der Waals surface area contributed by atoms with Gasteiger partial charge in [0.05, 0.1) is 4.90 Å². The fraction of sp³-hybridized carbons (Fsp3) is 0.632. The lowest BCUT2D eigenvalue weighted by atomic mass is 9.95.